The average Bonchev–Trinajstić information content (AvgIpc) is 2.77. The third-order valence-corrected chi connectivity index (χ3v) is 4.44. The van der Waals surface area contributed by atoms with Crippen LogP contribution in [0.15, 0.2) is 24.3 Å². The van der Waals surface area contributed by atoms with Gasteiger partial charge in [0.25, 0.3) is 0 Å². The first-order valence-electron chi connectivity index (χ1n) is 7.35. The molecule has 0 aliphatic carbocycles. The number of hydrogen-bond acceptors (Lipinski definition) is 4. The van der Waals surface area contributed by atoms with Gasteiger partial charge < -0.3 is 9.67 Å². The lowest BCUT2D eigenvalue weighted by molar-refractivity contribution is 0.0513. The fourth-order valence-corrected chi connectivity index (χ4v) is 2.96. The highest BCUT2D eigenvalue weighted by Crippen LogP contribution is 2.18. The number of likely N-dealkylation sites (tertiary alicyclic amines) is 1. The number of halogens is 1. The van der Waals surface area contributed by atoms with Gasteiger partial charge in [-0.2, -0.15) is 5.10 Å². The van der Waals surface area contributed by atoms with E-state index in [0.717, 1.165) is 24.9 Å². The molecule has 0 spiro atoms. The van der Waals surface area contributed by atoms with E-state index < -0.39 is 0 Å². The summed E-state index contributed by atoms with van der Waals surface area (Å²) < 4.78 is 17.2. The number of rotatable bonds is 3. The van der Waals surface area contributed by atoms with Crippen LogP contribution in [-0.2, 0) is 13.7 Å². The van der Waals surface area contributed by atoms with Crippen LogP contribution in [0.5, 0.6) is 0 Å². The van der Waals surface area contributed by atoms with Crippen molar-refractivity contribution in [2.24, 2.45) is 7.05 Å². The van der Waals surface area contributed by atoms with Gasteiger partial charge in [0.2, 0.25) is 0 Å². The maximum absolute atomic E-state index is 13.0. The van der Waals surface area contributed by atoms with Gasteiger partial charge in [0.15, 0.2) is 10.6 Å². The van der Waals surface area contributed by atoms with Gasteiger partial charge in [-0.1, -0.05) is 0 Å². The molecule has 0 radical (unpaired) electrons. The topological polar surface area (TPSA) is 46.2 Å². The Hall–Kier alpha value is -1.57. The van der Waals surface area contributed by atoms with E-state index in [0.29, 0.717) is 23.8 Å². The van der Waals surface area contributed by atoms with E-state index in [1.807, 2.05) is 11.6 Å². The number of hydrogen-bond donors (Lipinski definition) is 1. The highest BCUT2D eigenvalue weighted by Gasteiger charge is 2.19. The van der Waals surface area contributed by atoms with Gasteiger partial charge >= 0.3 is 0 Å². The zero-order valence-corrected chi connectivity index (χ0v) is 13.3. The molecule has 2 heterocycles. The van der Waals surface area contributed by atoms with Gasteiger partial charge in [-0.25, -0.2) is 9.07 Å². The highest BCUT2D eigenvalue weighted by atomic mass is 32.1. The van der Waals surface area contributed by atoms with Gasteiger partial charge in [0.05, 0.1) is 12.8 Å². The zero-order valence-electron chi connectivity index (χ0n) is 12.4. The minimum Gasteiger partial charge on any atom is -0.392 e. The van der Waals surface area contributed by atoms with Crippen LogP contribution in [0.4, 0.5) is 4.39 Å². The van der Waals surface area contributed by atoms with Gasteiger partial charge in [-0.05, 0) is 49.3 Å². The average molecular weight is 322 g/mol. The molecule has 7 heteroatoms. The van der Waals surface area contributed by atoms with Crippen molar-refractivity contribution in [2.75, 3.05) is 13.1 Å². The van der Waals surface area contributed by atoms with Crippen molar-refractivity contribution in [3.05, 3.63) is 34.9 Å². The Morgan fingerprint density at radius 3 is 2.77 bits per heavy atom. The molecule has 1 N–H and O–H groups in total. The first kappa shape index (κ1) is 15.3. The zero-order chi connectivity index (χ0) is 15.7. The van der Waals surface area contributed by atoms with Gasteiger partial charge in [0.1, 0.15) is 5.82 Å². The SMILES string of the molecule is Cn1c(-c2ccc(F)cc2)nn(CN2CCC[C@H](O)C2)c1=S. The number of aliphatic hydroxyl groups excluding tert-OH is 1. The predicted octanol–water partition coefficient (Wildman–Crippen LogP) is 2.17. The summed E-state index contributed by atoms with van der Waals surface area (Å²) in [5.41, 5.74) is 0.826. The molecular formula is C15H19FN4OS. The minimum atomic E-state index is -0.275. The fourth-order valence-electron chi connectivity index (χ4n) is 2.78. The first-order valence-corrected chi connectivity index (χ1v) is 7.75. The third kappa shape index (κ3) is 3.11. The molecule has 1 aromatic carbocycles. The summed E-state index contributed by atoms with van der Waals surface area (Å²) in [4.78, 5) is 2.14. The molecule has 0 saturated carbocycles. The maximum Gasteiger partial charge on any atom is 0.199 e. The van der Waals surface area contributed by atoms with E-state index in [1.54, 1.807) is 16.8 Å². The van der Waals surface area contributed by atoms with Crippen LogP contribution in [-0.4, -0.2) is 43.5 Å². The first-order chi connectivity index (χ1) is 10.5. The van der Waals surface area contributed by atoms with Crippen molar-refractivity contribution in [1.82, 2.24) is 19.2 Å². The lowest BCUT2D eigenvalue weighted by Gasteiger charge is -2.29. The summed E-state index contributed by atoms with van der Waals surface area (Å²) in [6.07, 6.45) is 1.56. The monoisotopic (exact) mass is 322 g/mol. The number of aromatic nitrogens is 3. The molecule has 0 bridgehead atoms. The van der Waals surface area contributed by atoms with Crippen LogP contribution in [0.2, 0.25) is 0 Å². The maximum atomic E-state index is 13.0. The summed E-state index contributed by atoms with van der Waals surface area (Å²) in [5, 5.41) is 14.3. The molecule has 1 atom stereocenters. The second-order valence-electron chi connectivity index (χ2n) is 5.69. The molecule has 3 rings (SSSR count). The molecule has 2 aromatic rings. The van der Waals surface area contributed by atoms with E-state index in [4.69, 9.17) is 12.2 Å². The Bertz CT molecular complexity index is 709. The summed E-state index contributed by atoms with van der Waals surface area (Å²) in [5.74, 6) is 0.439. The van der Waals surface area contributed by atoms with Crippen LogP contribution >= 0.6 is 12.2 Å². The molecule has 22 heavy (non-hydrogen) atoms. The van der Waals surface area contributed by atoms with Crippen LogP contribution in [0.3, 0.4) is 0 Å². The molecule has 0 amide bonds. The number of benzene rings is 1. The quantitative estimate of drug-likeness (QED) is 0.880. The standard InChI is InChI=1S/C15H19FN4OS/c1-18-14(11-4-6-12(16)7-5-11)17-20(15(18)22)10-19-8-2-3-13(21)9-19/h4-7,13,21H,2-3,8-10H2,1H3/t13-/m0/s1. The second kappa shape index (κ2) is 6.28. The van der Waals surface area contributed by atoms with Crippen LogP contribution in [0.1, 0.15) is 12.8 Å². The van der Waals surface area contributed by atoms with Crippen LogP contribution in [0, 0.1) is 10.6 Å². The Kier molecular flexibility index (Phi) is 4.37. The minimum absolute atomic E-state index is 0.272. The number of aliphatic hydroxyl groups is 1. The van der Waals surface area contributed by atoms with Crippen molar-refractivity contribution in [1.29, 1.82) is 0 Å². The molecule has 1 aliphatic heterocycles. The molecule has 1 saturated heterocycles. The van der Waals surface area contributed by atoms with Crippen LogP contribution < -0.4 is 0 Å². The molecule has 5 nitrogen and oxygen atoms in total. The van der Waals surface area contributed by atoms with Crippen molar-refractivity contribution in [3.63, 3.8) is 0 Å². The van der Waals surface area contributed by atoms with Crippen molar-refractivity contribution in [2.45, 2.75) is 25.6 Å². The number of nitrogens with zero attached hydrogens (tertiary/aromatic N) is 4. The Morgan fingerprint density at radius 2 is 2.09 bits per heavy atom. The van der Waals surface area contributed by atoms with E-state index in [1.165, 1.54) is 12.1 Å². The van der Waals surface area contributed by atoms with Gasteiger partial charge in [-0.15, -0.1) is 0 Å². The van der Waals surface area contributed by atoms with E-state index >= 15 is 0 Å². The predicted molar refractivity (Wildman–Crippen MR) is 84.2 cm³/mol. The smallest absolute Gasteiger partial charge is 0.199 e. The van der Waals surface area contributed by atoms with Gasteiger partial charge in [0, 0.05) is 25.7 Å². The molecule has 118 valence electrons. The third-order valence-electron chi connectivity index (χ3n) is 3.96. The van der Waals surface area contributed by atoms with Crippen LogP contribution in [0.25, 0.3) is 11.4 Å². The summed E-state index contributed by atoms with van der Waals surface area (Å²) >= 11 is 5.44. The van der Waals surface area contributed by atoms with Crippen molar-refractivity contribution >= 4 is 12.2 Å². The second-order valence-corrected chi connectivity index (χ2v) is 6.05. The normalized spacial score (nSPS) is 19.5. The number of piperidine rings is 1. The molecule has 1 aromatic heterocycles. The molecular weight excluding hydrogens is 303 g/mol. The summed E-state index contributed by atoms with van der Waals surface area (Å²) in [6, 6.07) is 6.22. The van der Waals surface area contributed by atoms with E-state index in [-0.39, 0.29) is 11.9 Å². The summed E-state index contributed by atoms with van der Waals surface area (Å²) in [6.45, 7) is 2.14. The van der Waals surface area contributed by atoms with Crippen molar-refractivity contribution < 1.29 is 9.50 Å². The molecule has 0 unspecified atom stereocenters. The Morgan fingerprint density at radius 1 is 1.36 bits per heavy atom. The van der Waals surface area contributed by atoms with E-state index in [2.05, 4.69) is 10.00 Å². The summed E-state index contributed by atoms with van der Waals surface area (Å²) in [7, 11) is 1.86. The highest BCUT2D eigenvalue weighted by molar-refractivity contribution is 7.71. The fraction of sp³-hybridized carbons (Fsp3) is 0.467. The van der Waals surface area contributed by atoms with Gasteiger partial charge in [-0.3, -0.25) is 4.90 Å². The largest absolute Gasteiger partial charge is 0.392 e. The number of β-amino-alcohol motifs (C(OH)–C–C–N with tert-alkyl or cyclic N) is 1. The van der Waals surface area contributed by atoms with E-state index in [9.17, 15) is 9.50 Å². The lowest BCUT2D eigenvalue weighted by Crippen LogP contribution is -2.39. The molecule has 1 fully saturated rings. The Labute approximate surface area is 133 Å². The van der Waals surface area contributed by atoms with Crippen molar-refractivity contribution in [3.8, 4) is 11.4 Å². The Balaban J connectivity index is 1.86. The lowest BCUT2D eigenvalue weighted by atomic mass is 10.1. The molecule has 1 aliphatic rings.